The van der Waals surface area contributed by atoms with E-state index in [4.69, 9.17) is 4.74 Å². The minimum absolute atomic E-state index is 0.115. The predicted octanol–water partition coefficient (Wildman–Crippen LogP) is 3.59. The van der Waals surface area contributed by atoms with E-state index in [1.54, 1.807) is 20.8 Å². The first kappa shape index (κ1) is 22.5. The van der Waals surface area contributed by atoms with Crippen LogP contribution in [0.5, 0.6) is 0 Å². The number of carbonyl (C=O) groups excluding carboxylic acids is 3. The Morgan fingerprint density at radius 1 is 1.04 bits per heavy atom. The van der Waals surface area contributed by atoms with Crippen molar-refractivity contribution in [2.24, 2.45) is 0 Å². The van der Waals surface area contributed by atoms with Crippen molar-refractivity contribution in [3.8, 4) is 0 Å². The van der Waals surface area contributed by atoms with Gasteiger partial charge in [-0.1, -0.05) is 0 Å². The van der Waals surface area contributed by atoms with Gasteiger partial charge in [0, 0.05) is 11.3 Å². The third-order valence-corrected chi connectivity index (χ3v) is 3.77. The molecule has 0 bridgehead atoms. The summed E-state index contributed by atoms with van der Waals surface area (Å²) in [7, 11) is 1.10. The van der Waals surface area contributed by atoms with Crippen LogP contribution in [0.25, 0.3) is 0 Å². The van der Waals surface area contributed by atoms with Gasteiger partial charge in [-0.2, -0.15) is 13.2 Å². The van der Waals surface area contributed by atoms with Crippen LogP contribution in [0.1, 0.15) is 50.5 Å². The lowest BCUT2D eigenvalue weighted by Gasteiger charge is -2.31. The fourth-order valence-corrected chi connectivity index (χ4v) is 2.29. The van der Waals surface area contributed by atoms with E-state index in [1.807, 2.05) is 0 Å². The molecule has 0 spiro atoms. The SMILES string of the molecule is COC(=O)c1ccc(NC(F)(F)F)c([C@](C)(C(C)=O)C(=O)OC(C)(C)C)c1. The summed E-state index contributed by atoms with van der Waals surface area (Å²) in [6, 6.07) is 3.07. The fraction of sp³-hybridized carbons (Fsp3) is 0.500. The molecule has 1 rings (SSSR count). The molecule has 1 aromatic rings. The molecule has 0 aliphatic carbocycles. The van der Waals surface area contributed by atoms with Crippen molar-refractivity contribution in [1.29, 1.82) is 0 Å². The third kappa shape index (κ3) is 5.45. The lowest BCUT2D eigenvalue weighted by Crippen LogP contribution is -2.45. The summed E-state index contributed by atoms with van der Waals surface area (Å²) in [5, 5.41) is 1.30. The number of halogens is 3. The number of ether oxygens (including phenoxy) is 2. The van der Waals surface area contributed by atoms with Crippen molar-refractivity contribution < 1.29 is 37.0 Å². The number of methoxy groups -OCH3 is 1. The molecule has 27 heavy (non-hydrogen) atoms. The molecule has 1 N–H and O–H groups in total. The van der Waals surface area contributed by atoms with Crippen molar-refractivity contribution in [2.45, 2.75) is 51.9 Å². The molecule has 0 saturated carbocycles. The van der Waals surface area contributed by atoms with E-state index in [-0.39, 0.29) is 11.1 Å². The van der Waals surface area contributed by atoms with Gasteiger partial charge in [0.15, 0.2) is 5.78 Å². The Bertz CT molecular complexity index is 752. The van der Waals surface area contributed by atoms with Crippen molar-refractivity contribution >= 4 is 23.4 Å². The molecule has 9 heteroatoms. The molecule has 0 heterocycles. The normalized spacial score (nSPS) is 14.1. The highest BCUT2D eigenvalue weighted by Crippen LogP contribution is 2.36. The van der Waals surface area contributed by atoms with Crippen LogP contribution in [0.3, 0.4) is 0 Å². The Balaban J connectivity index is 3.69. The summed E-state index contributed by atoms with van der Waals surface area (Å²) in [6.45, 7) is 6.90. The third-order valence-electron chi connectivity index (χ3n) is 3.77. The van der Waals surface area contributed by atoms with Crippen LogP contribution in [0.15, 0.2) is 18.2 Å². The van der Waals surface area contributed by atoms with E-state index in [2.05, 4.69) is 4.74 Å². The standard InChI is InChI=1S/C18H22F3NO5/c1-10(23)17(5,15(25)27-16(2,3)4)12-9-11(14(24)26-6)7-8-13(12)22-18(19,20)21/h7-9,22H,1-6H3/t17-/m0/s1. The Kier molecular flexibility index (Phi) is 6.30. The van der Waals surface area contributed by atoms with E-state index >= 15 is 0 Å². The van der Waals surface area contributed by atoms with Gasteiger partial charge in [-0.05, 0) is 52.8 Å². The number of hydrogen-bond acceptors (Lipinski definition) is 6. The number of hydrogen-bond donors (Lipinski definition) is 1. The summed E-state index contributed by atoms with van der Waals surface area (Å²) in [5.41, 5.74) is -4.06. The second-order valence-corrected chi connectivity index (χ2v) is 7.06. The van der Waals surface area contributed by atoms with Crippen molar-refractivity contribution in [3.05, 3.63) is 29.3 Å². The van der Waals surface area contributed by atoms with Gasteiger partial charge < -0.3 is 9.47 Å². The van der Waals surface area contributed by atoms with E-state index in [0.717, 1.165) is 39.2 Å². The summed E-state index contributed by atoms with van der Waals surface area (Å²) < 4.78 is 48.5. The number of rotatable bonds is 5. The second kappa shape index (κ2) is 7.58. The van der Waals surface area contributed by atoms with Gasteiger partial charge in [-0.15, -0.1) is 0 Å². The highest BCUT2D eigenvalue weighted by atomic mass is 19.4. The van der Waals surface area contributed by atoms with Gasteiger partial charge in [0.1, 0.15) is 11.0 Å². The van der Waals surface area contributed by atoms with Crippen molar-refractivity contribution in [3.63, 3.8) is 0 Å². The second-order valence-electron chi connectivity index (χ2n) is 7.06. The topological polar surface area (TPSA) is 81.7 Å². The van der Waals surface area contributed by atoms with Gasteiger partial charge in [-0.25, -0.2) is 4.79 Å². The van der Waals surface area contributed by atoms with Crippen molar-refractivity contribution in [1.82, 2.24) is 0 Å². The summed E-state index contributed by atoms with van der Waals surface area (Å²) >= 11 is 0. The lowest BCUT2D eigenvalue weighted by atomic mass is 9.77. The van der Waals surface area contributed by atoms with Crippen LogP contribution in [0, 0.1) is 0 Å². The van der Waals surface area contributed by atoms with Crippen LogP contribution >= 0.6 is 0 Å². The number of benzene rings is 1. The molecule has 0 fully saturated rings. The smallest absolute Gasteiger partial charge is 0.465 e. The summed E-state index contributed by atoms with van der Waals surface area (Å²) in [6.07, 6.45) is -4.83. The zero-order chi connectivity index (χ0) is 21.2. The van der Waals surface area contributed by atoms with Crippen molar-refractivity contribution in [2.75, 3.05) is 12.4 Å². The Morgan fingerprint density at radius 3 is 2.00 bits per heavy atom. The first-order valence-corrected chi connectivity index (χ1v) is 7.94. The highest BCUT2D eigenvalue weighted by molar-refractivity contribution is 6.10. The number of esters is 2. The minimum atomic E-state index is -4.83. The quantitative estimate of drug-likeness (QED) is 0.471. The average Bonchev–Trinajstić information content (AvgIpc) is 2.50. The number of ketones is 1. The highest BCUT2D eigenvalue weighted by Gasteiger charge is 2.46. The first-order chi connectivity index (χ1) is 12.1. The molecule has 0 unspecified atom stereocenters. The van der Waals surface area contributed by atoms with Gasteiger partial charge in [0.2, 0.25) is 0 Å². The molecule has 0 amide bonds. The fourth-order valence-electron chi connectivity index (χ4n) is 2.29. The van der Waals surface area contributed by atoms with Gasteiger partial charge >= 0.3 is 18.2 Å². The zero-order valence-corrected chi connectivity index (χ0v) is 15.9. The Morgan fingerprint density at radius 2 is 1.59 bits per heavy atom. The number of alkyl halides is 3. The molecule has 0 radical (unpaired) electrons. The molecular weight excluding hydrogens is 367 g/mol. The summed E-state index contributed by atoms with van der Waals surface area (Å²) in [5.74, 6) is -2.61. The molecule has 6 nitrogen and oxygen atoms in total. The largest absolute Gasteiger partial charge is 0.482 e. The molecular formula is C18H22F3NO5. The maximum Gasteiger partial charge on any atom is 0.482 e. The van der Waals surface area contributed by atoms with Gasteiger partial charge in [0.05, 0.1) is 12.7 Å². The van der Waals surface area contributed by atoms with Gasteiger partial charge in [-0.3, -0.25) is 14.9 Å². The molecule has 0 aliphatic heterocycles. The van der Waals surface area contributed by atoms with E-state index < -0.39 is 40.7 Å². The van der Waals surface area contributed by atoms with Crippen LogP contribution in [0.2, 0.25) is 0 Å². The van der Waals surface area contributed by atoms with Crippen LogP contribution in [-0.2, 0) is 24.5 Å². The zero-order valence-electron chi connectivity index (χ0n) is 15.9. The first-order valence-electron chi connectivity index (χ1n) is 7.94. The van der Waals surface area contributed by atoms with Crippen LogP contribution in [0.4, 0.5) is 18.9 Å². The Labute approximate surface area is 155 Å². The molecule has 0 aliphatic rings. The van der Waals surface area contributed by atoms with Crippen LogP contribution < -0.4 is 5.32 Å². The molecule has 1 aromatic carbocycles. The molecule has 1 atom stereocenters. The summed E-state index contributed by atoms with van der Waals surface area (Å²) in [4.78, 5) is 36.9. The molecule has 0 saturated heterocycles. The predicted molar refractivity (Wildman–Crippen MR) is 91.3 cm³/mol. The maximum absolute atomic E-state index is 12.9. The molecule has 150 valence electrons. The number of nitrogens with one attached hydrogen (secondary N) is 1. The van der Waals surface area contributed by atoms with Gasteiger partial charge in [0.25, 0.3) is 0 Å². The number of anilines is 1. The minimum Gasteiger partial charge on any atom is -0.465 e. The van der Waals surface area contributed by atoms with Crippen LogP contribution in [-0.4, -0.2) is 36.7 Å². The maximum atomic E-state index is 12.9. The van der Waals surface area contributed by atoms with E-state index in [0.29, 0.717) is 0 Å². The van der Waals surface area contributed by atoms with E-state index in [9.17, 15) is 27.6 Å². The lowest BCUT2D eigenvalue weighted by molar-refractivity contribution is -0.163. The number of Topliss-reactive ketones (excluding diaryl/α,β-unsaturated/α-hetero) is 1. The molecule has 0 aromatic heterocycles. The monoisotopic (exact) mass is 389 g/mol. The Hall–Kier alpha value is -2.58. The average molecular weight is 389 g/mol. The number of carbonyl (C=O) groups is 3. The van der Waals surface area contributed by atoms with E-state index in [1.165, 1.54) is 5.32 Å².